The first-order valence-corrected chi connectivity index (χ1v) is 7.37. The molecule has 1 aliphatic heterocycles. The number of carbonyl (C=O) groups is 1. The van der Waals surface area contributed by atoms with Gasteiger partial charge in [0.25, 0.3) is 0 Å². The van der Waals surface area contributed by atoms with Gasteiger partial charge < -0.3 is 5.32 Å². The summed E-state index contributed by atoms with van der Waals surface area (Å²) < 4.78 is 0.778. The molecule has 0 aromatic carbocycles. The van der Waals surface area contributed by atoms with Gasteiger partial charge in [0.1, 0.15) is 5.78 Å². The Bertz CT molecular complexity index is 436. The van der Waals surface area contributed by atoms with E-state index in [1.54, 1.807) is 0 Å². The molecule has 17 heavy (non-hydrogen) atoms. The summed E-state index contributed by atoms with van der Waals surface area (Å²) in [5.74, 6) is 0.746. The predicted molar refractivity (Wildman–Crippen MR) is 70.7 cm³/mol. The highest BCUT2D eigenvalue weighted by Gasteiger charge is 2.56. The van der Waals surface area contributed by atoms with Crippen LogP contribution in [0.3, 0.4) is 0 Å². The van der Waals surface area contributed by atoms with Crippen LogP contribution in [-0.4, -0.2) is 18.9 Å². The predicted octanol–water partition coefficient (Wildman–Crippen LogP) is 2.90. The molecule has 1 saturated carbocycles. The smallest absolute Gasteiger partial charge is 0.141 e. The number of ketones is 1. The number of Topliss-reactive ketones (excluding diaryl/α,β-unsaturated/α-hetero) is 1. The number of piperidine rings is 1. The first kappa shape index (κ1) is 11.7. The molecule has 2 nitrogen and oxygen atoms in total. The highest BCUT2D eigenvalue weighted by atomic mass is 35.5. The molecular formula is C13H16ClNOS. The van der Waals surface area contributed by atoms with Gasteiger partial charge in [-0.1, -0.05) is 11.6 Å². The zero-order valence-corrected chi connectivity index (χ0v) is 11.2. The third-order valence-corrected chi connectivity index (χ3v) is 5.39. The zero-order chi connectivity index (χ0) is 11.9. The van der Waals surface area contributed by atoms with Gasteiger partial charge in [0.2, 0.25) is 0 Å². The van der Waals surface area contributed by atoms with Crippen molar-refractivity contribution in [2.75, 3.05) is 13.1 Å². The molecule has 1 atom stereocenters. The normalized spacial score (nSPS) is 26.1. The fourth-order valence-corrected chi connectivity index (χ4v) is 4.12. The molecule has 1 spiro atoms. The van der Waals surface area contributed by atoms with Gasteiger partial charge in [-0.15, -0.1) is 11.3 Å². The molecule has 1 aromatic heterocycles. The van der Waals surface area contributed by atoms with Crippen LogP contribution >= 0.6 is 22.9 Å². The van der Waals surface area contributed by atoms with Gasteiger partial charge >= 0.3 is 0 Å². The van der Waals surface area contributed by atoms with E-state index in [0.717, 1.165) is 28.7 Å². The molecule has 2 fully saturated rings. The number of rotatable bonds is 3. The Morgan fingerprint density at radius 1 is 1.47 bits per heavy atom. The van der Waals surface area contributed by atoms with Crippen molar-refractivity contribution in [3.63, 3.8) is 0 Å². The molecule has 1 aromatic rings. The fraction of sp³-hybridized carbons (Fsp3) is 0.615. The molecule has 0 amide bonds. The van der Waals surface area contributed by atoms with Gasteiger partial charge in [-0.2, -0.15) is 0 Å². The van der Waals surface area contributed by atoms with Crippen LogP contribution in [0, 0.1) is 11.3 Å². The Balaban J connectivity index is 1.61. The summed E-state index contributed by atoms with van der Waals surface area (Å²) in [6.07, 6.45) is 4.05. The van der Waals surface area contributed by atoms with Crippen LogP contribution in [0.1, 0.15) is 24.1 Å². The quantitative estimate of drug-likeness (QED) is 0.914. The molecule has 2 aliphatic rings. The minimum absolute atomic E-state index is 0.325. The van der Waals surface area contributed by atoms with Crippen molar-refractivity contribution >= 4 is 28.7 Å². The van der Waals surface area contributed by atoms with E-state index >= 15 is 0 Å². The van der Waals surface area contributed by atoms with Crippen molar-refractivity contribution in [1.82, 2.24) is 5.32 Å². The molecule has 3 rings (SSSR count). The molecule has 92 valence electrons. The fourth-order valence-electron chi connectivity index (χ4n) is 3.02. The van der Waals surface area contributed by atoms with E-state index in [1.165, 1.54) is 24.2 Å². The lowest BCUT2D eigenvalue weighted by atomic mass is 9.90. The second-order valence-corrected chi connectivity index (χ2v) is 7.02. The van der Waals surface area contributed by atoms with Crippen LogP contribution in [0.4, 0.5) is 0 Å². The summed E-state index contributed by atoms with van der Waals surface area (Å²) in [5, 5.41) is 3.37. The summed E-state index contributed by atoms with van der Waals surface area (Å²) in [7, 11) is 0. The summed E-state index contributed by atoms with van der Waals surface area (Å²) >= 11 is 7.41. The Morgan fingerprint density at radius 3 is 2.88 bits per heavy atom. The van der Waals surface area contributed by atoms with Crippen LogP contribution in [0.25, 0.3) is 0 Å². The van der Waals surface area contributed by atoms with Crippen molar-refractivity contribution in [3.05, 3.63) is 21.3 Å². The average Bonchev–Trinajstić information content (AvgIpc) is 2.85. The Labute approximate surface area is 110 Å². The number of nitrogens with one attached hydrogen (secondary N) is 1. The lowest BCUT2D eigenvalue weighted by molar-refractivity contribution is -0.120. The van der Waals surface area contributed by atoms with E-state index in [4.69, 9.17) is 11.6 Å². The van der Waals surface area contributed by atoms with E-state index in [0.29, 0.717) is 23.5 Å². The molecule has 4 heteroatoms. The van der Waals surface area contributed by atoms with Gasteiger partial charge in [-0.05, 0) is 49.9 Å². The number of hydrogen-bond acceptors (Lipinski definition) is 3. The van der Waals surface area contributed by atoms with Crippen LogP contribution in [0.2, 0.25) is 4.34 Å². The van der Waals surface area contributed by atoms with E-state index in [-0.39, 0.29) is 0 Å². The number of hydrogen-bond donors (Lipinski definition) is 1. The SMILES string of the molecule is O=C(Cc1ccc(Cl)s1)C1CC12CCNCC2. The maximum Gasteiger partial charge on any atom is 0.141 e. The lowest BCUT2D eigenvalue weighted by Crippen LogP contribution is -2.30. The second-order valence-electron chi connectivity index (χ2n) is 5.22. The van der Waals surface area contributed by atoms with Gasteiger partial charge in [0.05, 0.1) is 4.34 Å². The molecule has 0 bridgehead atoms. The molecular weight excluding hydrogens is 254 g/mol. The van der Waals surface area contributed by atoms with Crippen LogP contribution in [-0.2, 0) is 11.2 Å². The van der Waals surface area contributed by atoms with Gasteiger partial charge in [0, 0.05) is 17.2 Å². The summed E-state index contributed by atoms with van der Waals surface area (Å²) in [4.78, 5) is 13.3. The van der Waals surface area contributed by atoms with Gasteiger partial charge in [-0.25, -0.2) is 0 Å². The van der Waals surface area contributed by atoms with E-state index in [2.05, 4.69) is 5.32 Å². The van der Waals surface area contributed by atoms with E-state index in [1.807, 2.05) is 12.1 Å². The second kappa shape index (κ2) is 4.38. The topological polar surface area (TPSA) is 29.1 Å². The minimum Gasteiger partial charge on any atom is -0.317 e. The highest BCUT2D eigenvalue weighted by molar-refractivity contribution is 7.16. The molecule has 2 heterocycles. The van der Waals surface area contributed by atoms with Crippen LogP contribution in [0.15, 0.2) is 12.1 Å². The molecule has 1 saturated heterocycles. The molecule has 1 unspecified atom stereocenters. The monoisotopic (exact) mass is 269 g/mol. The van der Waals surface area contributed by atoms with Crippen molar-refractivity contribution in [2.45, 2.75) is 25.7 Å². The third-order valence-electron chi connectivity index (χ3n) is 4.16. The maximum absolute atomic E-state index is 12.2. The number of carbonyl (C=O) groups excluding carboxylic acids is 1. The summed E-state index contributed by atoms with van der Waals surface area (Å²) in [5.41, 5.74) is 0.364. The lowest BCUT2D eigenvalue weighted by Gasteiger charge is -2.23. The van der Waals surface area contributed by atoms with Crippen LogP contribution < -0.4 is 5.32 Å². The largest absolute Gasteiger partial charge is 0.317 e. The van der Waals surface area contributed by atoms with Gasteiger partial charge in [-0.3, -0.25) is 4.79 Å². The van der Waals surface area contributed by atoms with E-state index in [9.17, 15) is 4.79 Å². The van der Waals surface area contributed by atoms with E-state index < -0.39 is 0 Å². The first-order valence-electron chi connectivity index (χ1n) is 6.17. The Morgan fingerprint density at radius 2 is 2.24 bits per heavy atom. The van der Waals surface area contributed by atoms with Crippen molar-refractivity contribution in [1.29, 1.82) is 0 Å². The minimum atomic E-state index is 0.325. The summed E-state index contributed by atoms with van der Waals surface area (Å²) in [6.45, 7) is 2.16. The molecule has 1 N–H and O–H groups in total. The highest BCUT2D eigenvalue weighted by Crippen LogP contribution is 2.59. The van der Waals surface area contributed by atoms with Crippen molar-refractivity contribution in [3.8, 4) is 0 Å². The van der Waals surface area contributed by atoms with Gasteiger partial charge in [0.15, 0.2) is 0 Å². The van der Waals surface area contributed by atoms with Crippen LogP contribution in [0.5, 0.6) is 0 Å². The molecule has 1 aliphatic carbocycles. The summed E-state index contributed by atoms with van der Waals surface area (Å²) in [6, 6.07) is 3.85. The maximum atomic E-state index is 12.2. The Hall–Kier alpha value is -0.380. The first-order chi connectivity index (χ1) is 8.20. The third kappa shape index (κ3) is 2.28. The average molecular weight is 270 g/mol. The molecule has 0 radical (unpaired) electrons. The van der Waals surface area contributed by atoms with Crippen molar-refractivity contribution < 1.29 is 4.79 Å². The number of halogens is 1. The standard InChI is InChI=1S/C13H16ClNOS/c14-12-2-1-9(17-12)7-11(16)10-8-13(10)3-5-15-6-4-13/h1-2,10,15H,3-8H2. The Kier molecular flexibility index (Phi) is 3.01. The van der Waals surface area contributed by atoms with Crippen molar-refractivity contribution in [2.24, 2.45) is 11.3 Å². The zero-order valence-electron chi connectivity index (χ0n) is 9.67. The number of thiophene rings is 1.